The van der Waals surface area contributed by atoms with Gasteiger partial charge in [0.25, 0.3) is 16.5 Å². The minimum atomic E-state index is -4.67. The topological polar surface area (TPSA) is 371 Å². The van der Waals surface area contributed by atoms with Crippen LogP contribution in [-0.2, 0) is 10.4 Å². The first kappa shape index (κ1) is 86.6. The number of nitrogens with zero attached hydrogens (tertiary/aromatic N) is 8. The normalized spacial score (nSPS) is 8.78. The third-order valence-electron chi connectivity index (χ3n) is 5.25. The second-order valence-electron chi connectivity index (χ2n) is 9.72. The van der Waals surface area contributed by atoms with Crippen molar-refractivity contribution >= 4 is 203 Å². The van der Waals surface area contributed by atoms with Crippen molar-refractivity contribution in [3.63, 3.8) is 0 Å². The van der Waals surface area contributed by atoms with Crippen LogP contribution in [0.25, 0.3) is 0 Å². The van der Waals surface area contributed by atoms with Crippen LogP contribution in [0.4, 0.5) is 11.4 Å². The molecule has 0 radical (unpaired) electrons. The van der Waals surface area contributed by atoms with Gasteiger partial charge in [-0.15, -0.1) is 56.5 Å². The molecule has 0 fully saturated rings. The summed E-state index contributed by atoms with van der Waals surface area (Å²) in [5, 5.41) is 61.3. The van der Waals surface area contributed by atoms with Crippen molar-refractivity contribution in [1.29, 1.82) is 0 Å². The summed E-state index contributed by atoms with van der Waals surface area (Å²) >= 11 is 52.5. The Morgan fingerprint density at radius 1 is 0.608 bits per heavy atom. The van der Waals surface area contributed by atoms with Crippen LogP contribution < -0.4 is 63.1 Å². The first-order valence-electron chi connectivity index (χ1n) is 16.6. The Bertz CT molecular complexity index is 2360. The molecule has 0 aromatic carbocycles. The number of alkyl halides is 4. The quantitative estimate of drug-likeness (QED) is 0.0122. The van der Waals surface area contributed by atoms with Crippen LogP contribution in [0.3, 0.4) is 0 Å². The molecule has 0 unspecified atom stereocenters. The second kappa shape index (κ2) is 55.1. The van der Waals surface area contributed by atoms with E-state index < -0.39 is 31.3 Å². The molecule has 0 saturated heterocycles. The van der Waals surface area contributed by atoms with Crippen LogP contribution in [0.15, 0.2) is 106 Å². The van der Waals surface area contributed by atoms with E-state index in [0.717, 1.165) is 42.1 Å². The summed E-state index contributed by atoms with van der Waals surface area (Å²) in [6, 6.07) is 13.3. The van der Waals surface area contributed by atoms with Crippen LogP contribution in [0.2, 0.25) is 0 Å². The van der Waals surface area contributed by atoms with E-state index in [4.69, 9.17) is 143 Å². The molecule has 0 saturated carbocycles. The Balaban J connectivity index is -0.000000139. The predicted molar refractivity (Wildman–Crippen MR) is 293 cm³/mol. The van der Waals surface area contributed by atoms with Gasteiger partial charge in [-0.25, -0.2) is 15.0 Å². The van der Waals surface area contributed by atoms with E-state index in [9.17, 15) is 20.2 Å². The Morgan fingerprint density at radius 3 is 1.27 bits per heavy atom. The molecule has 5 N–H and O–H groups in total. The average Bonchev–Trinajstić information content (AvgIpc) is 3.29. The maximum Gasteiger partial charge on any atom is 1.00 e. The molecule has 0 aliphatic heterocycles. The number of hydrogen-bond donors (Lipinski definition) is 5. The number of hydrogen-bond acceptors (Lipinski definition) is 18. The molecule has 0 aliphatic carbocycles. The summed E-state index contributed by atoms with van der Waals surface area (Å²) in [7, 11) is 1.88. The fraction of sp³-hybridized carbons (Fsp3) is 0.219. The molecule has 0 atom stereocenters. The van der Waals surface area contributed by atoms with Gasteiger partial charge in [-0.1, -0.05) is 33.7 Å². The van der Waals surface area contributed by atoms with Gasteiger partial charge in [-0.3, -0.25) is 39.7 Å². The maximum atomic E-state index is 10.4. The van der Waals surface area contributed by atoms with Gasteiger partial charge in [0, 0.05) is 36.9 Å². The van der Waals surface area contributed by atoms with E-state index >= 15 is 0 Å². The first-order valence-corrected chi connectivity index (χ1v) is 29.0. The fourth-order valence-corrected chi connectivity index (χ4v) is 4.74. The van der Waals surface area contributed by atoms with Gasteiger partial charge in [-0.2, -0.15) is 15.5 Å². The molecule has 0 bridgehead atoms. The minimum Gasteiger partial charge on any atom is -0.857 e. The van der Waals surface area contributed by atoms with E-state index in [2.05, 4.69) is 115 Å². The minimum absolute atomic E-state index is 0. The zero-order valence-electron chi connectivity index (χ0n) is 37.8. The summed E-state index contributed by atoms with van der Waals surface area (Å²) in [4.78, 5) is 39.7. The number of methoxy groups -OCH3 is 4. The van der Waals surface area contributed by atoms with E-state index in [1.807, 2.05) is 18.2 Å². The van der Waals surface area contributed by atoms with Crippen LogP contribution in [0, 0.1) is 30.3 Å². The summed E-state index contributed by atoms with van der Waals surface area (Å²) in [6.45, 7) is 0. The number of rotatable bonds is 6. The summed E-state index contributed by atoms with van der Waals surface area (Å²) in [5.41, 5.74) is -0.219. The number of aromatic nitrogens is 5. The monoisotopic (exact) mass is 1630 g/mol. The van der Waals surface area contributed by atoms with Crippen LogP contribution in [-0.4, -0.2) is 109 Å². The number of halogens is 13. The van der Waals surface area contributed by atoms with Gasteiger partial charge in [0.1, 0.15) is 15.1 Å². The van der Waals surface area contributed by atoms with Crippen molar-refractivity contribution in [1.82, 2.24) is 15.0 Å². The molecular formula is C32H37Br6Cl7N8NaO18PS+2. The van der Waals surface area contributed by atoms with Crippen molar-refractivity contribution in [3.8, 4) is 23.5 Å². The second-order valence-corrected chi connectivity index (χ2v) is 22.5. The molecular weight excluding hydrogens is 1600 g/mol. The molecule has 0 spiro atoms. The maximum absolute atomic E-state index is 10.4. The van der Waals surface area contributed by atoms with E-state index in [1.54, 1.807) is 37.7 Å². The van der Waals surface area contributed by atoms with E-state index in [1.165, 1.54) is 39.8 Å². The number of pyridine rings is 5. The molecule has 5 aromatic rings. The number of nitro groups is 2. The SMILES string of the molecule is Brc1ccc(Br)nc1.COc1cc([N+](=O)[O-])c(Br)c[n+]1O.COc1cc([N+](=O)[O-])c(Br)cn1.COc1ccc(Br)c[n+]1O.COc1ccc(Br)cn1.C[O-].ClCCl.ClCCl.ClP(Cl)Cl.O=S(=O)(O)O.O=[N+]([O-])O.[Na+]. The largest absolute Gasteiger partial charge is 1.00 e. The average molecular weight is 1640 g/mol. The van der Waals surface area contributed by atoms with Crippen molar-refractivity contribution < 1.29 is 111 Å². The fourth-order valence-electron chi connectivity index (χ4n) is 2.90. The summed E-state index contributed by atoms with van der Waals surface area (Å²) < 4.78 is 56.3. The predicted octanol–water partition coefficient (Wildman–Crippen LogP) is 8.85. The third kappa shape index (κ3) is 58.4. The summed E-state index contributed by atoms with van der Waals surface area (Å²) in [5.74, 6) is 0.0613. The Hall–Kier alpha value is -1.28. The van der Waals surface area contributed by atoms with Crippen LogP contribution >= 0.6 is 182 Å². The Kier molecular flexibility index (Phi) is 64.4. The van der Waals surface area contributed by atoms with E-state index in [0.29, 0.717) is 21.0 Å². The molecule has 5 aromatic heterocycles. The zero-order valence-corrected chi connectivity index (χ0v) is 56.3. The molecule has 74 heavy (non-hydrogen) atoms. The van der Waals surface area contributed by atoms with Crippen molar-refractivity contribution in [3.05, 3.63) is 137 Å². The van der Waals surface area contributed by atoms with Crippen molar-refractivity contribution in [2.24, 2.45) is 0 Å². The Morgan fingerprint density at radius 2 is 0.959 bits per heavy atom. The van der Waals surface area contributed by atoms with Gasteiger partial charge in [0.05, 0.1) is 71.8 Å². The van der Waals surface area contributed by atoms with Crippen molar-refractivity contribution in [2.45, 2.75) is 0 Å². The smallest absolute Gasteiger partial charge is 0.857 e. The van der Waals surface area contributed by atoms with Crippen molar-refractivity contribution in [2.75, 3.05) is 46.2 Å². The van der Waals surface area contributed by atoms with Gasteiger partial charge < -0.3 is 29.3 Å². The summed E-state index contributed by atoms with van der Waals surface area (Å²) in [6.07, 6.45) is 7.40. The third-order valence-corrected chi connectivity index (χ3v) is 8.35. The Labute approximate surface area is 529 Å². The molecule has 0 amide bonds. The number of ether oxygens (including phenoxy) is 4. The van der Waals surface area contributed by atoms with Crippen LogP contribution in [0.5, 0.6) is 23.5 Å². The first-order chi connectivity index (χ1) is 33.8. The molecule has 5 rings (SSSR count). The molecule has 414 valence electrons. The van der Waals surface area contributed by atoms with Gasteiger partial charge in [-0.05, 0) is 120 Å². The zero-order chi connectivity index (χ0) is 58.4. The van der Waals surface area contributed by atoms with Gasteiger partial charge in [0.2, 0.25) is 24.2 Å². The molecule has 0 aliphatic rings. The molecule has 26 nitrogen and oxygen atoms in total. The van der Waals surface area contributed by atoms with E-state index in [-0.39, 0.29) is 67.8 Å². The molecule has 42 heteroatoms. The standard InChI is InChI=1S/C6H6BrN2O4.C6H5BrN2O3.C6H7BrNO2.C6H6BrNO.C5H3Br2N.2CH2Cl2.CH3O.Cl3P.HNO3.Na.H2O4S/c1-13-6-2-5(9(11)12)4(7)3-8(6)10;1-12-6-2-5(9(10)11)4(7)3-8-6;1-10-6-3-2-5(7)4-8(6)9;1-9-6-3-2-5(7)4-8-6;6-4-1-2-5(7)8-3-4;2*2-1-3;1-2;1-4(2)3;2-1(3)4;;1-5(2,3)4/h2-3,10H,1H3;2-3H,1H3;2-4,9H,1H3;2-4H,1H3;1-3H;2*1H2;1H3;;(H,2,3,4);;(H2,1,2,3,4)/q+1;;+1;;;;;-1;;;+1;. The van der Waals surface area contributed by atoms with Crippen LogP contribution in [0.1, 0.15) is 0 Å². The van der Waals surface area contributed by atoms with Gasteiger partial charge in [0.15, 0.2) is 10.5 Å². The van der Waals surface area contributed by atoms with Gasteiger partial charge >= 0.3 is 51.7 Å². The molecule has 5 heterocycles.